The van der Waals surface area contributed by atoms with E-state index in [9.17, 15) is 47.1 Å². The standard InChI is InChI=1S/C27H31FN4O6.C26H30FN5O6/c1-3-21-16-32(27(36)38-21)20-9-10-23(22(28)15-20)30-11-13-31(14-12-30)25(34)17-37-26(35)18-5-7-19(8-6-18)29-24(33)4-2;1-2-23(33)29-18-5-3-17(4-6-18)25(35)37-16-24(34)31-11-9-30(10-12-31)22-8-7-19(13-21(22)27)32-15-20(14-28)38-26(32)36/h5-10,15,21H,3-4,11-14,16-17H2,1-2H3,(H,29,33);3-8,13,20H,2,9-12,14-16,28H2,1H3,(H,29,33)/t21-;20-/m00/s1. The second-order valence-electron chi connectivity index (χ2n) is 18.0. The molecule has 6 amide bonds. The molecule has 4 aromatic rings. The number of esters is 2. The number of carbonyl (C=O) groups is 8. The third kappa shape index (κ3) is 14.1. The average Bonchev–Trinajstić information content (AvgIpc) is 4.03. The molecule has 76 heavy (non-hydrogen) atoms. The number of amides is 6. The first-order valence-electron chi connectivity index (χ1n) is 25.0. The van der Waals surface area contributed by atoms with Gasteiger partial charge in [-0.25, -0.2) is 28.0 Å². The van der Waals surface area contributed by atoms with E-state index in [1.165, 1.54) is 46.2 Å². The molecule has 8 rings (SSSR count). The predicted octanol–water partition coefficient (Wildman–Crippen LogP) is 5.38. The van der Waals surface area contributed by atoms with E-state index in [1.807, 2.05) is 16.7 Å². The van der Waals surface area contributed by atoms with Gasteiger partial charge in [0, 0.05) is 83.1 Å². The minimum Gasteiger partial charge on any atom is -0.452 e. The van der Waals surface area contributed by atoms with Gasteiger partial charge in [-0.15, -0.1) is 0 Å². The Labute approximate surface area is 437 Å². The number of anilines is 6. The lowest BCUT2D eigenvalue weighted by atomic mass is 10.2. The van der Waals surface area contributed by atoms with Crippen LogP contribution in [0.3, 0.4) is 0 Å². The van der Waals surface area contributed by atoms with Gasteiger partial charge in [0.25, 0.3) is 11.8 Å². The number of hydrogen-bond acceptors (Lipinski definition) is 15. The SMILES string of the molecule is CCC(=O)Nc1ccc(C(=O)OCC(=O)N2CCN(c3ccc(N4C[C@H](CC)OC4=O)cc3F)CC2)cc1.CCC(=O)Nc1ccc(C(=O)OCC(=O)N2CCN(c3ccc(N4C[C@H](CN)OC4=O)cc3F)CC2)cc1. The molecule has 21 nitrogen and oxygen atoms in total. The molecule has 0 radical (unpaired) electrons. The maximum absolute atomic E-state index is 14.9. The number of nitrogens with zero attached hydrogens (tertiary/aromatic N) is 6. The van der Waals surface area contributed by atoms with Crippen LogP contribution in [0.2, 0.25) is 0 Å². The van der Waals surface area contributed by atoms with Crippen molar-refractivity contribution in [1.29, 1.82) is 0 Å². The first-order valence-corrected chi connectivity index (χ1v) is 25.0. The lowest BCUT2D eigenvalue weighted by Crippen LogP contribution is -2.50. The molecule has 2 atom stereocenters. The van der Waals surface area contributed by atoms with Gasteiger partial charge in [0.2, 0.25) is 11.8 Å². The Balaban J connectivity index is 0.000000221. The largest absolute Gasteiger partial charge is 0.452 e. The van der Waals surface area contributed by atoms with E-state index in [-0.39, 0.29) is 53.9 Å². The number of benzene rings is 4. The molecule has 4 N–H and O–H groups in total. The van der Waals surface area contributed by atoms with Crippen molar-refractivity contribution in [3.63, 3.8) is 0 Å². The van der Waals surface area contributed by atoms with Crippen LogP contribution < -0.4 is 36.0 Å². The third-order valence-electron chi connectivity index (χ3n) is 13.0. The van der Waals surface area contributed by atoms with Crippen LogP contribution >= 0.6 is 0 Å². The van der Waals surface area contributed by atoms with Crippen LogP contribution in [0.25, 0.3) is 0 Å². The fourth-order valence-electron chi connectivity index (χ4n) is 8.52. The third-order valence-corrected chi connectivity index (χ3v) is 13.0. The highest BCUT2D eigenvalue weighted by molar-refractivity contribution is 5.95. The zero-order valence-electron chi connectivity index (χ0n) is 42.5. The van der Waals surface area contributed by atoms with Gasteiger partial charge in [-0.05, 0) is 91.3 Å². The van der Waals surface area contributed by atoms with Crippen molar-refractivity contribution in [2.45, 2.75) is 52.2 Å². The number of rotatable bonds is 16. The quantitative estimate of drug-likeness (QED) is 0.0943. The summed E-state index contributed by atoms with van der Waals surface area (Å²) in [5, 5.41) is 5.38. The van der Waals surface area contributed by atoms with Gasteiger partial charge in [-0.3, -0.25) is 29.0 Å². The molecule has 0 saturated carbocycles. The van der Waals surface area contributed by atoms with Gasteiger partial charge in [0.1, 0.15) is 23.8 Å². The molecule has 0 bridgehead atoms. The lowest BCUT2D eigenvalue weighted by molar-refractivity contribution is -0.135. The van der Waals surface area contributed by atoms with Crippen LogP contribution in [-0.4, -0.2) is 155 Å². The Morgan fingerprint density at radius 3 is 1.28 bits per heavy atom. The summed E-state index contributed by atoms with van der Waals surface area (Å²) in [7, 11) is 0. The second kappa shape index (κ2) is 25.7. The van der Waals surface area contributed by atoms with E-state index in [0.717, 1.165) is 0 Å². The van der Waals surface area contributed by atoms with E-state index in [4.69, 9.17) is 24.7 Å². The minimum absolute atomic E-state index is 0.135. The zero-order valence-corrected chi connectivity index (χ0v) is 42.5. The van der Waals surface area contributed by atoms with Crippen molar-refractivity contribution in [2.75, 3.05) is 115 Å². The Kier molecular flexibility index (Phi) is 18.8. The highest BCUT2D eigenvalue weighted by atomic mass is 19.1. The molecule has 0 unspecified atom stereocenters. The fourth-order valence-corrected chi connectivity index (χ4v) is 8.52. The summed E-state index contributed by atoms with van der Waals surface area (Å²) in [6.45, 7) is 8.40. The molecule has 4 aromatic carbocycles. The summed E-state index contributed by atoms with van der Waals surface area (Å²) >= 11 is 0. The molecule has 4 heterocycles. The van der Waals surface area contributed by atoms with Crippen molar-refractivity contribution >= 4 is 81.9 Å². The number of cyclic esters (lactones) is 2. The molecule has 23 heteroatoms. The summed E-state index contributed by atoms with van der Waals surface area (Å²) in [5.41, 5.74) is 8.81. The lowest BCUT2D eigenvalue weighted by Gasteiger charge is -2.36. The van der Waals surface area contributed by atoms with Crippen molar-refractivity contribution in [1.82, 2.24) is 9.80 Å². The van der Waals surface area contributed by atoms with Crippen LogP contribution in [0, 0.1) is 11.6 Å². The fraction of sp³-hybridized carbons (Fsp3) is 0.396. The molecular formula is C53H61F2N9O12. The Morgan fingerprint density at radius 2 is 0.947 bits per heavy atom. The van der Waals surface area contributed by atoms with E-state index in [2.05, 4.69) is 10.6 Å². The van der Waals surface area contributed by atoms with Gasteiger partial charge in [0.05, 0.1) is 47.0 Å². The number of piperazine rings is 2. The highest BCUT2D eigenvalue weighted by Crippen LogP contribution is 2.31. The molecule has 4 saturated heterocycles. The molecule has 0 spiro atoms. The molecule has 4 aliphatic rings. The van der Waals surface area contributed by atoms with Crippen molar-refractivity contribution in [3.05, 3.63) is 108 Å². The zero-order chi connectivity index (χ0) is 54.5. The van der Waals surface area contributed by atoms with E-state index < -0.39 is 55.1 Å². The van der Waals surface area contributed by atoms with Crippen molar-refractivity contribution in [2.24, 2.45) is 5.73 Å². The smallest absolute Gasteiger partial charge is 0.414 e. The summed E-state index contributed by atoms with van der Waals surface area (Å²) in [6.07, 6.45) is -0.276. The molecule has 4 fully saturated rings. The van der Waals surface area contributed by atoms with Gasteiger partial charge in [0.15, 0.2) is 13.2 Å². The molecule has 0 aromatic heterocycles. The van der Waals surface area contributed by atoms with E-state index in [0.29, 0.717) is 112 Å². The number of carbonyl (C=O) groups excluding carboxylic acids is 8. The van der Waals surface area contributed by atoms with Gasteiger partial charge >= 0.3 is 24.1 Å². The van der Waals surface area contributed by atoms with Crippen LogP contribution in [0.15, 0.2) is 84.9 Å². The number of hydrogen-bond donors (Lipinski definition) is 3. The van der Waals surface area contributed by atoms with Gasteiger partial charge in [-0.2, -0.15) is 0 Å². The van der Waals surface area contributed by atoms with Crippen molar-refractivity contribution in [3.8, 4) is 0 Å². The van der Waals surface area contributed by atoms with Crippen LogP contribution in [0.1, 0.15) is 60.7 Å². The van der Waals surface area contributed by atoms with Gasteiger partial charge in [-0.1, -0.05) is 20.8 Å². The average molecular weight is 1050 g/mol. The Hall–Kier alpha value is -8.34. The number of ether oxygens (including phenoxy) is 4. The Morgan fingerprint density at radius 1 is 0.566 bits per heavy atom. The normalized spacial score (nSPS) is 17.3. The Bertz CT molecular complexity index is 2580. The highest BCUT2D eigenvalue weighted by Gasteiger charge is 2.34. The number of nitrogens with two attached hydrogens (primary N) is 1. The van der Waals surface area contributed by atoms with Crippen LogP contribution in [0.5, 0.6) is 0 Å². The van der Waals surface area contributed by atoms with E-state index >= 15 is 0 Å². The molecule has 404 valence electrons. The first-order chi connectivity index (χ1) is 36.6. The summed E-state index contributed by atoms with van der Waals surface area (Å²) in [5.74, 6) is -3.18. The molecule has 4 aliphatic heterocycles. The maximum atomic E-state index is 14.9. The number of halogens is 2. The minimum atomic E-state index is -0.646. The maximum Gasteiger partial charge on any atom is 0.414 e. The van der Waals surface area contributed by atoms with Gasteiger partial charge < -0.3 is 54.9 Å². The van der Waals surface area contributed by atoms with Crippen LogP contribution in [-0.2, 0) is 38.1 Å². The predicted molar refractivity (Wildman–Crippen MR) is 276 cm³/mol. The monoisotopic (exact) mass is 1050 g/mol. The molecular weight excluding hydrogens is 993 g/mol. The van der Waals surface area contributed by atoms with Crippen molar-refractivity contribution < 1.29 is 66.1 Å². The van der Waals surface area contributed by atoms with Crippen LogP contribution in [0.4, 0.5) is 52.5 Å². The number of nitrogens with one attached hydrogen (secondary N) is 2. The molecule has 0 aliphatic carbocycles. The summed E-state index contributed by atoms with van der Waals surface area (Å²) in [4.78, 5) is 106. The second-order valence-corrected chi connectivity index (χ2v) is 18.0. The van der Waals surface area contributed by atoms with E-state index in [1.54, 1.807) is 72.2 Å². The first kappa shape index (κ1) is 55.4. The topological polar surface area (TPSA) is 243 Å². The summed E-state index contributed by atoms with van der Waals surface area (Å²) in [6, 6.07) is 21.6. The summed E-state index contributed by atoms with van der Waals surface area (Å²) < 4.78 is 50.6.